The van der Waals surface area contributed by atoms with Gasteiger partial charge in [0.2, 0.25) is 0 Å². The van der Waals surface area contributed by atoms with Crippen LogP contribution < -0.4 is 15.5 Å². The predicted octanol–water partition coefficient (Wildman–Crippen LogP) is 2.78. The number of pyridine rings is 1. The van der Waals surface area contributed by atoms with Gasteiger partial charge in [0.25, 0.3) is 0 Å². The topological polar surface area (TPSA) is 73.4 Å². The van der Waals surface area contributed by atoms with Crippen molar-refractivity contribution in [2.45, 2.75) is 31.8 Å². The van der Waals surface area contributed by atoms with Gasteiger partial charge in [-0.3, -0.25) is 0 Å². The van der Waals surface area contributed by atoms with Crippen molar-refractivity contribution in [3.05, 3.63) is 34.9 Å². The minimum Gasteiger partial charge on any atom is -0.381 e. The van der Waals surface area contributed by atoms with Crippen LogP contribution in [0, 0.1) is 0 Å². The molecule has 2 N–H and O–H groups in total. The molecule has 7 nitrogen and oxygen atoms in total. The van der Waals surface area contributed by atoms with Gasteiger partial charge in [-0.25, -0.2) is 14.8 Å². The highest BCUT2D eigenvalue weighted by molar-refractivity contribution is 7.07. The van der Waals surface area contributed by atoms with Crippen LogP contribution in [0.3, 0.4) is 0 Å². The molecule has 2 aromatic rings. The van der Waals surface area contributed by atoms with Gasteiger partial charge >= 0.3 is 6.03 Å². The van der Waals surface area contributed by atoms with Crippen molar-refractivity contribution in [1.29, 1.82) is 0 Å². The van der Waals surface area contributed by atoms with E-state index in [2.05, 4.69) is 26.7 Å². The zero-order chi connectivity index (χ0) is 18.4. The molecule has 0 spiro atoms. The Morgan fingerprint density at radius 3 is 2.88 bits per heavy atom. The Bertz CT molecular complexity index is 688. The number of amides is 2. The number of rotatable bonds is 5. The Morgan fingerprint density at radius 1 is 1.31 bits per heavy atom. The molecule has 140 valence electrons. The third-order valence-corrected chi connectivity index (χ3v) is 5.13. The fourth-order valence-corrected chi connectivity index (χ4v) is 3.58. The van der Waals surface area contributed by atoms with Crippen LogP contribution in [0.2, 0.25) is 0 Å². The van der Waals surface area contributed by atoms with Gasteiger partial charge in [-0.2, -0.15) is 0 Å². The summed E-state index contributed by atoms with van der Waals surface area (Å²) in [6, 6.07) is 4.43. The fraction of sp³-hybridized carbons (Fsp3) is 0.500. The van der Waals surface area contributed by atoms with Crippen molar-refractivity contribution in [2.75, 3.05) is 37.4 Å². The number of nitrogens with zero attached hydrogens (tertiary/aromatic N) is 4. The number of nitrogens with one attached hydrogen (secondary N) is 2. The predicted molar refractivity (Wildman–Crippen MR) is 106 cm³/mol. The number of likely N-dealkylation sites (tertiary alicyclic amines) is 1. The number of carbonyl (C=O) groups excluding carboxylic acids is 1. The summed E-state index contributed by atoms with van der Waals surface area (Å²) in [6.07, 6.45) is 4.84. The van der Waals surface area contributed by atoms with Crippen LogP contribution in [-0.2, 0) is 6.54 Å². The molecule has 26 heavy (non-hydrogen) atoms. The first kappa shape index (κ1) is 18.4. The number of urea groups is 1. The van der Waals surface area contributed by atoms with E-state index in [-0.39, 0.29) is 6.03 Å². The molecule has 0 radical (unpaired) electrons. The SMILES string of the molecule is CN(C)c1ccc(N[C@H]2CCCN(C(=O)NCc3cscn3)CC2)cn1. The fourth-order valence-electron chi connectivity index (χ4n) is 3.02. The van der Waals surface area contributed by atoms with Crippen molar-refractivity contribution >= 4 is 28.9 Å². The van der Waals surface area contributed by atoms with Crippen LogP contribution >= 0.6 is 11.3 Å². The number of hydrogen-bond donors (Lipinski definition) is 2. The Labute approximate surface area is 158 Å². The van der Waals surface area contributed by atoms with Crippen molar-refractivity contribution in [2.24, 2.45) is 0 Å². The van der Waals surface area contributed by atoms with Crippen LogP contribution in [-0.4, -0.2) is 54.1 Å². The van der Waals surface area contributed by atoms with E-state index in [1.165, 1.54) is 0 Å². The summed E-state index contributed by atoms with van der Waals surface area (Å²) in [5.74, 6) is 0.944. The van der Waals surface area contributed by atoms with Gasteiger partial charge in [-0.05, 0) is 31.4 Å². The van der Waals surface area contributed by atoms with Crippen LogP contribution in [0.4, 0.5) is 16.3 Å². The number of thiazole rings is 1. The summed E-state index contributed by atoms with van der Waals surface area (Å²) >= 11 is 1.54. The highest BCUT2D eigenvalue weighted by Crippen LogP contribution is 2.18. The second kappa shape index (κ2) is 8.84. The van der Waals surface area contributed by atoms with E-state index in [1.54, 1.807) is 16.8 Å². The average molecular weight is 375 g/mol. The lowest BCUT2D eigenvalue weighted by Crippen LogP contribution is -2.40. The first-order chi connectivity index (χ1) is 12.6. The van der Waals surface area contributed by atoms with E-state index in [0.29, 0.717) is 12.6 Å². The molecule has 1 atom stereocenters. The Hall–Kier alpha value is -2.35. The van der Waals surface area contributed by atoms with Crippen molar-refractivity contribution in [3.63, 3.8) is 0 Å². The molecule has 0 aliphatic carbocycles. The molecule has 1 aliphatic rings. The van der Waals surface area contributed by atoms with E-state index >= 15 is 0 Å². The van der Waals surface area contributed by atoms with Crippen molar-refractivity contribution in [1.82, 2.24) is 20.2 Å². The maximum atomic E-state index is 12.4. The molecule has 3 rings (SSSR count). The minimum atomic E-state index is -0.00403. The van der Waals surface area contributed by atoms with Crippen molar-refractivity contribution < 1.29 is 4.79 Å². The minimum absolute atomic E-state index is 0.00403. The lowest BCUT2D eigenvalue weighted by molar-refractivity contribution is 0.199. The van der Waals surface area contributed by atoms with Gasteiger partial charge in [-0.15, -0.1) is 11.3 Å². The maximum absolute atomic E-state index is 12.4. The third-order valence-electron chi connectivity index (χ3n) is 4.50. The van der Waals surface area contributed by atoms with E-state index in [1.807, 2.05) is 41.5 Å². The van der Waals surface area contributed by atoms with Gasteiger partial charge in [-0.1, -0.05) is 0 Å². The molecule has 0 unspecified atom stereocenters. The van der Waals surface area contributed by atoms with Crippen molar-refractivity contribution in [3.8, 4) is 0 Å². The number of hydrogen-bond acceptors (Lipinski definition) is 6. The molecule has 0 saturated carbocycles. The Balaban J connectivity index is 1.47. The first-order valence-electron chi connectivity index (χ1n) is 8.91. The van der Waals surface area contributed by atoms with E-state index in [4.69, 9.17) is 0 Å². The van der Waals surface area contributed by atoms with Crippen LogP contribution in [0.15, 0.2) is 29.2 Å². The normalized spacial score (nSPS) is 17.5. The number of carbonyl (C=O) groups is 1. The van der Waals surface area contributed by atoms with Gasteiger partial charge in [0.1, 0.15) is 5.82 Å². The zero-order valence-electron chi connectivity index (χ0n) is 15.3. The smallest absolute Gasteiger partial charge is 0.317 e. The molecular weight excluding hydrogens is 348 g/mol. The van der Waals surface area contributed by atoms with Crippen LogP contribution in [0.5, 0.6) is 0 Å². The monoisotopic (exact) mass is 374 g/mol. The quantitative estimate of drug-likeness (QED) is 0.842. The highest BCUT2D eigenvalue weighted by atomic mass is 32.1. The number of anilines is 2. The van der Waals surface area contributed by atoms with Gasteiger partial charge in [0.15, 0.2) is 0 Å². The van der Waals surface area contributed by atoms with E-state index in [9.17, 15) is 4.79 Å². The van der Waals surface area contributed by atoms with Crippen LogP contribution in [0.25, 0.3) is 0 Å². The molecule has 2 amide bonds. The molecule has 8 heteroatoms. The maximum Gasteiger partial charge on any atom is 0.317 e. The third kappa shape index (κ3) is 5.08. The highest BCUT2D eigenvalue weighted by Gasteiger charge is 2.20. The standard InChI is InChI=1S/C18H26N6OS/c1-23(2)17-6-5-15(10-19-17)22-14-4-3-8-24(9-7-14)18(25)20-11-16-12-26-13-21-16/h5-6,10,12-14,22H,3-4,7-9,11H2,1-2H3,(H,20,25)/t14-/m0/s1. The molecular formula is C18H26N6OS. The summed E-state index contributed by atoms with van der Waals surface area (Å²) < 4.78 is 0. The molecule has 2 aromatic heterocycles. The summed E-state index contributed by atoms with van der Waals surface area (Å²) in [5.41, 5.74) is 3.72. The molecule has 0 aromatic carbocycles. The van der Waals surface area contributed by atoms with Crippen LogP contribution in [0.1, 0.15) is 25.0 Å². The van der Waals surface area contributed by atoms with Gasteiger partial charge < -0.3 is 20.4 Å². The Kier molecular flexibility index (Phi) is 6.27. The Morgan fingerprint density at radius 2 is 2.19 bits per heavy atom. The van der Waals surface area contributed by atoms with Gasteiger partial charge in [0.05, 0.1) is 29.6 Å². The summed E-state index contributed by atoms with van der Waals surface area (Å²) in [5, 5.41) is 8.47. The lowest BCUT2D eigenvalue weighted by atomic mass is 10.1. The second-order valence-electron chi connectivity index (χ2n) is 6.70. The van der Waals surface area contributed by atoms with Gasteiger partial charge in [0, 0.05) is 38.6 Å². The van der Waals surface area contributed by atoms with E-state index in [0.717, 1.165) is 49.6 Å². The summed E-state index contributed by atoms with van der Waals surface area (Å²) in [7, 11) is 3.96. The second-order valence-corrected chi connectivity index (χ2v) is 7.42. The number of aromatic nitrogens is 2. The molecule has 0 bridgehead atoms. The molecule has 1 saturated heterocycles. The largest absolute Gasteiger partial charge is 0.381 e. The zero-order valence-corrected chi connectivity index (χ0v) is 16.1. The average Bonchev–Trinajstić information content (AvgIpc) is 3.05. The van der Waals surface area contributed by atoms with E-state index < -0.39 is 0 Å². The molecule has 1 aliphatic heterocycles. The first-order valence-corrected chi connectivity index (χ1v) is 9.86. The lowest BCUT2D eigenvalue weighted by Gasteiger charge is -2.21. The summed E-state index contributed by atoms with van der Waals surface area (Å²) in [4.78, 5) is 24.9. The molecule has 1 fully saturated rings. The molecule has 3 heterocycles. The summed E-state index contributed by atoms with van der Waals surface area (Å²) in [6.45, 7) is 2.03.